The van der Waals surface area contributed by atoms with E-state index in [1.807, 2.05) is 14.1 Å². The average molecular weight is 252 g/mol. The Labute approximate surface area is 105 Å². The van der Waals surface area contributed by atoms with Crippen LogP contribution in [0.5, 0.6) is 0 Å². The molecular weight excluding hydrogens is 236 g/mol. The minimum atomic E-state index is -0.628. The first-order valence-corrected chi connectivity index (χ1v) is 5.63. The van der Waals surface area contributed by atoms with E-state index in [0.29, 0.717) is 17.2 Å². The van der Waals surface area contributed by atoms with Crippen LogP contribution in [0, 0.1) is 6.92 Å². The molecule has 0 bridgehead atoms. The SMILES string of the molecule is Cc1nc(N(C)C)ncc1C(=O)N1C[C@H](O)CO1. The number of carbonyl (C=O) groups is 1. The van der Waals surface area contributed by atoms with Crippen molar-refractivity contribution in [1.29, 1.82) is 0 Å². The Morgan fingerprint density at radius 3 is 2.83 bits per heavy atom. The zero-order valence-corrected chi connectivity index (χ0v) is 10.6. The molecule has 0 spiro atoms. The van der Waals surface area contributed by atoms with Gasteiger partial charge in [-0.1, -0.05) is 0 Å². The van der Waals surface area contributed by atoms with Crippen LogP contribution >= 0.6 is 0 Å². The molecule has 98 valence electrons. The summed E-state index contributed by atoms with van der Waals surface area (Å²) in [5.74, 6) is 0.223. The molecule has 0 radical (unpaired) electrons. The lowest BCUT2D eigenvalue weighted by molar-refractivity contribution is -0.0780. The summed E-state index contributed by atoms with van der Waals surface area (Å²) in [7, 11) is 3.66. The zero-order valence-electron chi connectivity index (χ0n) is 10.6. The standard InChI is InChI=1S/C11H16N4O3/c1-7-9(4-12-11(13-7)14(2)3)10(17)15-5-8(16)6-18-15/h4,8,16H,5-6H2,1-3H3/t8-/m0/s1. The number of β-amino-alcohol motifs (C(OH)–C–C–N with tert-alkyl or cyclic N) is 1. The molecule has 1 aliphatic heterocycles. The molecule has 0 saturated carbocycles. The van der Waals surface area contributed by atoms with Crippen LogP contribution in [0.2, 0.25) is 0 Å². The van der Waals surface area contributed by atoms with Gasteiger partial charge in [0.15, 0.2) is 0 Å². The molecule has 1 fully saturated rings. The van der Waals surface area contributed by atoms with Gasteiger partial charge in [0.2, 0.25) is 5.95 Å². The number of aliphatic hydroxyl groups excluding tert-OH is 1. The fourth-order valence-corrected chi connectivity index (χ4v) is 1.63. The quantitative estimate of drug-likeness (QED) is 0.771. The second-order valence-electron chi connectivity index (χ2n) is 4.38. The first kappa shape index (κ1) is 12.7. The molecular formula is C11H16N4O3. The topological polar surface area (TPSA) is 78.8 Å². The highest BCUT2D eigenvalue weighted by Gasteiger charge is 2.28. The van der Waals surface area contributed by atoms with Crippen molar-refractivity contribution in [2.24, 2.45) is 0 Å². The first-order chi connectivity index (χ1) is 8.49. The van der Waals surface area contributed by atoms with E-state index in [-0.39, 0.29) is 19.1 Å². The maximum atomic E-state index is 12.1. The molecule has 18 heavy (non-hydrogen) atoms. The summed E-state index contributed by atoms with van der Waals surface area (Å²) >= 11 is 0. The second kappa shape index (κ2) is 4.87. The van der Waals surface area contributed by atoms with Crippen molar-refractivity contribution in [2.75, 3.05) is 32.1 Å². The van der Waals surface area contributed by atoms with E-state index in [4.69, 9.17) is 4.84 Å². The number of rotatable bonds is 2. The molecule has 0 aliphatic carbocycles. The Hall–Kier alpha value is -1.73. The molecule has 0 unspecified atom stereocenters. The van der Waals surface area contributed by atoms with Crippen molar-refractivity contribution in [3.63, 3.8) is 0 Å². The number of aromatic nitrogens is 2. The van der Waals surface area contributed by atoms with Crippen LogP contribution in [-0.2, 0) is 4.84 Å². The monoisotopic (exact) mass is 252 g/mol. The molecule has 7 nitrogen and oxygen atoms in total. The summed E-state index contributed by atoms with van der Waals surface area (Å²) in [6, 6.07) is 0. The van der Waals surface area contributed by atoms with Crippen molar-refractivity contribution in [3.05, 3.63) is 17.5 Å². The minimum Gasteiger partial charge on any atom is -0.389 e. The van der Waals surface area contributed by atoms with Crippen LogP contribution in [0.3, 0.4) is 0 Å². The normalized spacial score (nSPS) is 19.1. The van der Waals surface area contributed by atoms with Gasteiger partial charge in [-0.05, 0) is 6.92 Å². The fourth-order valence-electron chi connectivity index (χ4n) is 1.63. The number of hydrogen-bond acceptors (Lipinski definition) is 6. The lowest BCUT2D eigenvalue weighted by Crippen LogP contribution is -2.29. The van der Waals surface area contributed by atoms with Crippen molar-refractivity contribution < 1.29 is 14.7 Å². The van der Waals surface area contributed by atoms with Crippen molar-refractivity contribution >= 4 is 11.9 Å². The van der Waals surface area contributed by atoms with Gasteiger partial charge in [0.1, 0.15) is 12.7 Å². The molecule has 1 aliphatic rings. The van der Waals surface area contributed by atoms with Crippen molar-refractivity contribution in [1.82, 2.24) is 15.0 Å². The van der Waals surface area contributed by atoms with Crippen LogP contribution in [0.25, 0.3) is 0 Å². The molecule has 7 heteroatoms. The number of aliphatic hydroxyl groups is 1. The van der Waals surface area contributed by atoms with Crippen molar-refractivity contribution in [3.8, 4) is 0 Å². The van der Waals surface area contributed by atoms with Crippen LogP contribution < -0.4 is 4.90 Å². The van der Waals surface area contributed by atoms with Gasteiger partial charge in [0.25, 0.3) is 5.91 Å². The van der Waals surface area contributed by atoms with E-state index in [0.717, 1.165) is 5.06 Å². The smallest absolute Gasteiger partial charge is 0.280 e. The molecule has 0 aromatic carbocycles. The maximum Gasteiger partial charge on any atom is 0.280 e. The summed E-state index contributed by atoms with van der Waals surface area (Å²) in [5, 5.41) is 10.5. The number of nitrogens with zero attached hydrogens (tertiary/aromatic N) is 4. The highest BCUT2D eigenvalue weighted by Crippen LogP contribution is 2.15. The number of hydrogen-bond donors (Lipinski definition) is 1. The van der Waals surface area contributed by atoms with Crippen LogP contribution in [-0.4, -0.2) is 59.4 Å². The van der Waals surface area contributed by atoms with Gasteiger partial charge >= 0.3 is 0 Å². The Morgan fingerprint density at radius 1 is 1.61 bits per heavy atom. The number of hydroxylamine groups is 2. The third-order valence-corrected chi connectivity index (χ3v) is 2.62. The Bertz CT molecular complexity index is 464. The van der Waals surface area contributed by atoms with E-state index in [1.54, 1.807) is 11.8 Å². The summed E-state index contributed by atoms with van der Waals surface area (Å²) in [4.78, 5) is 27.3. The largest absolute Gasteiger partial charge is 0.389 e. The van der Waals surface area contributed by atoms with E-state index >= 15 is 0 Å². The number of amides is 1. The molecule has 1 atom stereocenters. The summed E-state index contributed by atoms with van der Waals surface area (Å²) < 4.78 is 0. The fraction of sp³-hybridized carbons (Fsp3) is 0.545. The Kier molecular flexibility index (Phi) is 3.44. The predicted molar refractivity (Wildman–Crippen MR) is 64.1 cm³/mol. The first-order valence-electron chi connectivity index (χ1n) is 5.63. The predicted octanol–water partition coefficient (Wildman–Crippen LogP) is -0.401. The number of aryl methyl sites for hydroxylation is 1. The van der Waals surface area contributed by atoms with Gasteiger partial charge in [-0.2, -0.15) is 0 Å². The zero-order chi connectivity index (χ0) is 13.3. The molecule has 1 amide bonds. The van der Waals surface area contributed by atoms with Gasteiger partial charge in [0, 0.05) is 20.3 Å². The number of carbonyl (C=O) groups excluding carboxylic acids is 1. The summed E-state index contributed by atoms with van der Waals surface area (Å²) in [5.41, 5.74) is 0.971. The summed E-state index contributed by atoms with van der Waals surface area (Å²) in [6.07, 6.45) is 0.852. The molecule has 1 aromatic rings. The maximum absolute atomic E-state index is 12.1. The van der Waals surface area contributed by atoms with Crippen molar-refractivity contribution in [2.45, 2.75) is 13.0 Å². The molecule has 2 rings (SSSR count). The van der Waals surface area contributed by atoms with E-state index in [2.05, 4.69) is 9.97 Å². The van der Waals surface area contributed by atoms with Crippen LogP contribution in [0.15, 0.2) is 6.20 Å². The van der Waals surface area contributed by atoms with Gasteiger partial charge in [-0.3, -0.25) is 9.63 Å². The lowest BCUT2D eigenvalue weighted by atomic mass is 10.2. The average Bonchev–Trinajstić information content (AvgIpc) is 2.74. The Balaban J connectivity index is 2.21. The van der Waals surface area contributed by atoms with Crippen LogP contribution in [0.4, 0.5) is 5.95 Å². The molecule has 1 saturated heterocycles. The van der Waals surface area contributed by atoms with Gasteiger partial charge in [0.05, 0.1) is 17.8 Å². The van der Waals surface area contributed by atoms with Crippen LogP contribution in [0.1, 0.15) is 16.1 Å². The van der Waals surface area contributed by atoms with E-state index in [9.17, 15) is 9.90 Å². The molecule has 1 N–H and O–H groups in total. The van der Waals surface area contributed by atoms with Gasteiger partial charge < -0.3 is 10.0 Å². The van der Waals surface area contributed by atoms with Gasteiger partial charge in [-0.15, -0.1) is 0 Å². The molecule has 1 aromatic heterocycles. The van der Waals surface area contributed by atoms with E-state index in [1.165, 1.54) is 6.20 Å². The van der Waals surface area contributed by atoms with E-state index < -0.39 is 6.10 Å². The van der Waals surface area contributed by atoms with Gasteiger partial charge in [-0.25, -0.2) is 15.0 Å². The third kappa shape index (κ3) is 2.41. The molecule has 2 heterocycles. The summed E-state index contributed by atoms with van der Waals surface area (Å²) in [6.45, 7) is 2.06. The third-order valence-electron chi connectivity index (χ3n) is 2.62. The highest BCUT2D eigenvalue weighted by atomic mass is 16.7. The second-order valence-corrected chi connectivity index (χ2v) is 4.38. The minimum absolute atomic E-state index is 0.140. The number of anilines is 1. The lowest BCUT2D eigenvalue weighted by Gasteiger charge is -2.16. The Morgan fingerprint density at radius 2 is 2.33 bits per heavy atom. The highest BCUT2D eigenvalue weighted by molar-refractivity contribution is 5.94.